The van der Waals surface area contributed by atoms with Gasteiger partial charge in [0.05, 0.1) is 18.0 Å². The molecule has 0 fully saturated rings. The molecule has 0 aliphatic carbocycles. The second-order valence-electron chi connectivity index (χ2n) is 4.67. The van der Waals surface area contributed by atoms with Gasteiger partial charge in [0, 0.05) is 11.8 Å². The van der Waals surface area contributed by atoms with E-state index in [4.69, 9.17) is 10.5 Å². The summed E-state index contributed by atoms with van der Waals surface area (Å²) < 4.78 is 5.21. The van der Waals surface area contributed by atoms with Gasteiger partial charge in [-0.15, -0.1) is 0 Å². The minimum atomic E-state index is -0.369. The van der Waals surface area contributed by atoms with Crippen LogP contribution in [0, 0.1) is 6.92 Å². The number of thioether (sulfide) groups is 1. The van der Waals surface area contributed by atoms with Gasteiger partial charge in [-0.25, -0.2) is 9.97 Å². The minimum absolute atomic E-state index is 0.154. The number of benzene rings is 1. The van der Waals surface area contributed by atoms with E-state index in [1.807, 2.05) is 19.1 Å². The summed E-state index contributed by atoms with van der Waals surface area (Å²) in [6.45, 7) is 3.62. The number of rotatable bonds is 5. The van der Waals surface area contributed by atoms with E-state index < -0.39 is 0 Å². The van der Waals surface area contributed by atoms with Crippen LogP contribution in [0.25, 0.3) is 0 Å². The van der Waals surface area contributed by atoms with Gasteiger partial charge in [-0.05, 0) is 26.0 Å². The summed E-state index contributed by atoms with van der Waals surface area (Å²) in [4.78, 5) is 20.7. The summed E-state index contributed by atoms with van der Waals surface area (Å²) in [5, 5.41) is 2.96. The molecule has 1 amide bonds. The molecule has 1 heterocycles. The van der Waals surface area contributed by atoms with Gasteiger partial charge in [0.1, 0.15) is 11.6 Å². The number of anilines is 2. The maximum Gasteiger partial charge on any atom is 0.237 e. The van der Waals surface area contributed by atoms with Crippen LogP contribution >= 0.6 is 11.8 Å². The Morgan fingerprint density at radius 1 is 1.36 bits per heavy atom. The highest BCUT2D eigenvalue weighted by Gasteiger charge is 2.17. The van der Waals surface area contributed by atoms with Gasteiger partial charge in [0.2, 0.25) is 5.91 Å². The lowest BCUT2D eigenvalue weighted by molar-refractivity contribution is -0.115. The molecule has 1 aromatic heterocycles. The SMILES string of the molecule is COc1ccccc1NC(=O)C(C)Sc1nc(C)cc(N)n1. The fraction of sp³-hybridized carbons (Fsp3) is 0.267. The van der Waals surface area contributed by atoms with E-state index in [2.05, 4.69) is 15.3 Å². The summed E-state index contributed by atoms with van der Waals surface area (Å²) in [6.07, 6.45) is 0. The maximum atomic E-state index is 12.3. The number of nitrogens with one attached hydrogen (secondary N) is 1. The number of ether oxygens (including phenoxy) is 1. The smallest absolute Gasteiger partial charge is 0.237 e. The van der Waals surface area contributed by atoms with Gasteiger partial charge in [0.15, 0.2) is 5.16 Å². The lowest BCUT2D eigenvalue weighted by atomic mass is 10.3. The number of methoxy groups -OCH3 is 1. The van der Waals surface area contributed by atoms with Crippen LogP contribution in [0.2, 0.25) is 0 Å². The number of aromatic nitrogens is 2. The van der Waals surface area contributed by atoms with Crippen molar-refractivity contribution in [2.45, 2.75) is 24.3 Å². The van der Waals surface area contributed by atoms with Crippen LogP contribution in [0.4, 0.5) is 11.5 Å². The van der Waals surface area contributed by atoms with Gasteiger partial charge in [-0.3, -0.25) is 4.79 Å². The van der Waals surface area contributed by atoms with Crippen LogP contribution < -0.4 is 15.8 Å². The minimum Gasteiger partial charge on any atom is -0.495 e. The van der Waals surface area contributed by atoms with E-state index in [0.717, 1.165) is 5.69 Å². The molecule has 0 spiro atoms. The molecule has 2 aromatic rings. The van der Waals surface area contributed by atoms with E-state index in [1.165, 1.54) is 11.8 Å². The Hall–Kier alpha value is -2.28. The van der Waals surface area contributed by atoms with Crippen molar-refractivity contribution in [3.63, 3.8) is 0 Å². The van der Waals surface area contributed by atoms with Gasteiger partial charge in [-0.2, -0.15) is 0 Å². The van der Waals surface area contributed by atoms with E-state index >= 15 is 0 Å². The molecule has 116 valence electrons. The van der Waals surface area contributed by atoms with Crippen LogP contribution in [0.1, 0.15) is 12.6 Å². The van der Waals surface area contributed by atoms with E-state index in [0.29, 0.717) is 22.4 Å². The quantitative estimate of drug-likeness (QED) is 0.650. The third-order valence-electron chi connectivity index (χ3n) is 2.87. The molecule has 3 N–H and O–H groups in total. The lowest BCUT2D eigenvalue weighted by Gasteiger charge is -2.13. The number of para-hydroxylation sites is 2. The van der Waals surface area contributed by atoms with Crippen LogP contribution in [0.5, 0.6) is 5.75 Å². The second-order valence-corrected chi connectivity index (χ2v) is 5.97. The number of nitrogens with zero attached hydrogens (tertiary/aromatic N) is 2. The molecule has 22 heavy (non-hydrogen) atoms. The molecule has 2 rings (SSSR count). The number of carbonyl (C=O) groups is 1. The highest BCUT2D eigenvalue weighted by molar-refractivity contribution is 8.00. The first-order valence-corrected chi connectivity index (χ1v) is 7.59. The Morgan fingerprint density at radius 3 is 2.77 bits per heavy atom. The summed E-state index contributed by atoms with van der Waals surface area (Å²) in [7, 11) is 1.56. The first kappa shape index (κ1) is 16.1. The predicted molar refractivity (Wildman–Crippen MR) is 88.1 cm³/mol. The maximum absolute atomic E-state index is 12.3. The molecular formula is C15H18N4O2S. The number of nitrogens with two attached hydrogens (primary N) is 1. The van der Waals surface area contributed by atoms with Gasteiger partial charge in [-0.1, -0.05) is 23.9 Å². The van der Waals surface area contributed by atoms with Gasteiger partial charge >= 0.3 is 0 Å². The zero-order chi connectivity index (χ0) is 16.1. The van der Waals surface area contributed by atoms with Crippen molar-refractivity contribution in [2.75, 3.05) is 18.2 Å². The second kappa shape index (κ2) is 7.13. The molecule has 0 bridgehead atoms. The third kappa shape index (κ3) is 4.11. The third-order valence-corrected chi connectivity index (χ3v) is 3.83. The van der Waals surface area contributed by atoms with E-state index in [9.17, 15) is 4.79 Å². The van der Waals surface area contributed by atoms with Crippen molar-refractivity contribution in [2.24, 2.45) is 0 Å². The largest absolute Gasteiger partial charge is 0.495 e. The zero-order valence-electron chi connectivity index (χ0n) is 12.7. The van der Waals surface area contributed by atoms with Crippen molar-refractivity contribution in [1.82, 2.24) is 9.97 Å². The highest BCUT2D eigenvalue weighted by atomic mass is 32.2. The van der Waals surface area contributed by atoms with Crippen LogP contribution in [0.3, 0.4) is 0 Å². The summed E-state index contributed by atoms with van der Waals surface area (Å²) in [6, 6.07) is 8.94. The van der Waals surface area contributed by atoms with Crippen molar-refractivity contribution in [3.8, 4) is 5.75 Å². The van der Waals surface area contributed by atoms with Crippen molar-refractivity contribution >= 4 is 29.2 Å². The number of nitrogen functional groups attached to an aromatic ring is 1. The van der Waals surface area contributed by atoms with Crippen molar-refractivity contribution < 1.29 is 9.53 Å². The predicted octanol–water partition coefficient (Wildman–Crippen LogP) is 2.50. The Morgan fingerprint density at radius 2 is 2.09 bits per heavy atom. The Balaban J connectivity index is 2.06. The monoisotopic (exact) mass is 318 g/mol. The molecule has 1 atom stereocenters. The normalized spacial score (nSPS) is 11.8. The Kier molecular flexibility index (Phi) is 5.21. The molecule has 1 unspecified atom stereocenters. The first-order chi connectivity index (χ1) is 10.5. The summed E-state index contributed by atoms with van der Waals surface area (Å²) >= 11 is 1.26. The average Bonchev–Trinajstić information content (AvgIpc) is 2.46. The van der Waals surface area contributed by atoms with Crippen LogP contribution in [-0.2, 0) is 4.79 Å². The number of hydrogen-bond acceptors (Lipinski definition) is 6. The standard InChI is InChI=1S/C15H18N4O2S/c1-9-8-13(16)19-15(17-9)22-10(2)14(20)18-11-6-4-5-7-12(11)21-3/h4-8,10H,1-3H3,(H,18,20)(H2,16,17,19). The fourth-order valence-electron chi connectivity index (χ4n) is 1.81. The Bertz CT molecular complexity index is 658. The van der Waals surface area contributed by atoms with Crippen molar-refractivity contribution in [1.29, 1.82) is 0 Å². The zero-order valence-corrected chi connectivity index (χ0v) is 13.5. The van der Waals surface area contributed by atoms with Gasteiger partial charge < -0.3 is 15.8 Å². The number of hydrogen-bond donors (Lipinski definition) is 2. The summed E-state index contributed by atoms with van der Waals surface area (Å²) in [5.41, 5.74) is 7.09. The molecule has 0 aliphatic heterocycles. The molecule has 0 saturated heterocycles. The molecule has 7 heteroatoms. The number of amides is 1. The Labute approximate surface area is 133 Å². The van der Waals surface area contributed by atoms with E-state index in [1.54, 1.807) is 32.2 Å². The molecule has 6 nitrogen and oxygen atoms in total. The fourth-order valence-corrected chi connectivity index (χ4v) is 2.65. The molecule has 1 aromatic carbocycles. The molecule has 0 saturated carbocycles. The first-order valence-electron chi connectivity index (χ1n) is 6.71. The van der Waals surface area contributed by atoms with E-state index in [-0.39, 0.29) is 11.2 Å². The molecule has 0 radical (unpaired) electrons. The lowest BCUT2D eigenvalue weighted by Crippen LogP contribution is -2.23. The van der Waals surface area contributed by atoms with Crippen LogP contribution in [-0.4, -0.2) is 28.2 Å². The van der Waals surface area contributed by atoms with Gasteiger partial charge in [0.25, 0.3) is 0 Å². The topological polar surface area (TPSA) is 90.1 Å². The highest BCUT2D eigenvalue weighted by Crippen LogP contribution is 2.26. The summed E-state index contributed by atoms with van der Waals surface area (Å²) in [5.74, 6) is 0.856. The molecular weight excluding hydrogens is 300 g/mol. The number of carbonyl (C=O) groups excluding carboxylic acids is 1. The molecule has 0 aliphatic rings. The van der Waals surface area contributed by atoms with Crippen LogP contribution in [0.15, 0.2) is 35.5 Å². The number of aryl methyl sites for hydroxylation is 1. The average molecular weight is 318 g/mol. The van der Waals surface area contributed by atoms with Crippen molar-refractivity contribution in [3.05, 3.63) is 36.0 Å².